The summed E-state index contributed by atoms with van der Waals surface area (Å²) in [5, 5.41) is 2.73. The van der Waals surface area contributed by atoms with Gasteiger partial charge in [-0.2, -0.15) is 4.98 Å². The third-order valence-corrected chi connectivity index (χ3v) is 3.33. The molecule has 0 atom stereocenters. The molecular weight excluding hydrogens is 324 g/mol. The van der Waals surface area contributed by atoms with Gasteiger partial charge in [0.25, 0.3) is 0 Å². The van der Waals surface area contributed by atoms with E-state index in [2.05, 4.69) is 15.3 Å². The minimum absolute atomic E-state index is 0.198. The second-order valence-electron chi connectivity index (χ2n) is 5.29. The number of esters is 1. The lowest BCUT2D eigenvalue weighted by molar-refractivity contribution is -0.114. The van der Waals surface area contributed by atoms with Gasteiger partial charge >= 0.3 is 5.97 Å². The van der Waals surface area contributed by atoms with Crippen molar-refractivity contribution in [3.63, 3.8) is 0 Å². The van der Waals surface area contributed by atoms with Gasteiger partial charge in [0.1, 0.15) is 5.82 Å². The lowest BCUT2D eigenvalue weighted by Crippen LogP contribution is -2.12. The molecule has 0 aliphatic carbocycles. The lowest BCUT2D eigenvalue weighted by atomic mass is 10.3. The number of amides is 1. The van der Waals surface area contributed by atoms with Gasteiger partial charge in [0.15, 0.2) is 11.5 Å². The summed E-state index contributed by atoms with van der Waals surface area (Å²) < 4.78 is 11.9. The maximum atomic E-state index is 12.0. The number of pyridine rings is 1. The Labute approximate surface area is 146 Å². The predicted molar refractivity (Wildman–Crippen MR) is 92.2 cm³/mol. The van der Waals surface area contributed by atoms with Crippen molar-refractivity contribution in [2.75, 3.05) is 19.0 Å². The number of carbonyl (C=O) groups is 2. The number of imidazole rings is 1. The fourth-order valence-corrected chi connectivity index (χ4v) is 2.32. The second-order valence-corrected chi connectivity index (χ2v) is 5.29. The summed E-state index contributed by atoms with van der Waals surface area (Å²) in [6, 6.07) is 3.35. The fraction of sp³-hybridized carbons (Fsp3) is 0.412. The van der Waals surface area contributed by atoms with E-state index in [-0.39, 0.29) is 18.2 Å². The molecule has 25 heavy (non-hydrogen) atoms. The maximum absolute atomic E-state index is 12.0. The van der Waals surface area contributed by atoms with Crippen molar-refractivity contribution >= 4 is 17.6 Å². The molecule has 0 saturated carbocycles. The van der Waals surface area contributed by atoms with Crippen LogP contribution in [-0.4, -0.2) is 40.1 Å². The number of nitrogens with one attached hydrogen (secondary N) is 1. The number of hydrogen-bond donors (Lipinski definition) is 1. The molecular formula is C17H22N4O4. The lowest BCUT2D eigenvalue weighted by Gasteiger charge is -2.13. The van der Waals surface area contributed by atoms with Gasteiger partial charge in [-0.15, -0.1) is 0 Å². The van der Waals surface area contributed by atoms with Crippen LogP contribution in [0.1, 0.15) is 43.5 Å². The van der Waals surface area contributed by atoms with E-state index in [1.165, 1.54) is 14.0 Å². The van der Waals surface area contributed by atoms with Crippen LogP contribution in [0.3, 0.4) is 0 Å². The number of ether oxygens (including phenoxy) is 2. The first-order valence-electron chi connectivity index (χ1n) is 8.08. The molecule has 2 heterocycles. The summed E-state index contributed by atoms with van der Waals surface area (Å²) in [6.07, 6.45) is 3.03. The predicted octanol–water partition coefficient (Wildman–Crippen LogP) is 2.36. The van der Waals surface area contributed by atoms with Gasteiger partial charge in [-0.25, -0.2) is 9.78 Å². The zero-order valence-corrected chi connectivity index (χ0v) is 14.8. The molecule has 0 fully saturated rings. The van der Waals surface area contributed by atoms with E-state index in [1.54, 1.807) is 29.8 Å². The number of carbonyl (C=O) groups excluding carboxylic acids is 2. The average molecular weight is 346 g/mol. The number of anilines is 1. The van der Waals surface area contributed by atoms with E-state index in [4.69, 9.17) is 9.47 Å². The zero-order chi connectivity index (χ0) is 18.4. The van der Waals surface area contributed by atoms with Crippen LogP contribution in [0.2, 0.25) is 0 Å². The van der Waals surface area contributed by atoms with E-state index in [9.17, 15) is 9.59 Å². The van der Waals surface area contributed by atoms with Crippen LogP contribution in [0.4, 0.5) is 5.69 Å². The van der Waals surface area contributed by atoms with E-state index >= 15 is 0 Å². The molecule has 0 radical (unpaired) electrons. The molecule has 2 aromatic heterocycles. The summed E-state index contributed by atoms with van der Waals surface area (Å²) in [7, 11) is 1.51. The quantitative estimate of drug-likeness (QED) is 0.773. The molecule has 0 aliphatic rings. The fourth-order valence-electron chi connectivity index (χ4n) is 2.32. The summed E-state index contributed by atoms with van der Waals surface area (Å²) >= 11 is 0. The van der Waals surface area contributed by atoms with Gasteiger partial charge in [0.2, 0.25) is 11.8 Å². The standard InChI is InChI=1S/C17H22N4O4/c1-5-7-14-19-13(17(23)25-6-2)10-21(14)16-12(18-11(3)22)8-9-15(20-16)24-4/h8-10H,5-7H2,1-4H3,(H,18,22). The van der Waals surface area contributed by atoms with Gasteiger partial charge in [0.05, 0.1) is 19.4 Å². The Morgan fingerprint density at radius 1 is 1.24 bits per heavy atom. The first-order chi connectivity index (χ1) is 12.0. The molecule has 0 aromatic carbocycles. The molecule has 8 nitrogen and oxygen atoms in total. The van der Waals surface area contributed by atoms with Crippen LogP contribution in [0.15, 0.2) is 18.3 Å². The third kappa shape index (κ3) is 4.34. The largest absolute Gasteiger partial charge is 0.481 e. The number of nitrogens with zero attached hydrogens (tertiary/aromatic N) is 3. The summed E-state index contributed by atoms with van der Waals surface area (Å²) in [6.45, 7) is 5.43. The van der Waals surface area contributed by atoms with Crippen molar-refractivity contribution in [3.05, 3.63) is 29.8 Å². The molecule has 8 heteroatoms. The Bertz CT molecular complexity index is 770. The molecule has 134 valence electrons. The second kappa shape index (κ2) is 8.27. The van der Waals surface area contributed by atoms with Crippen molar-refractivity contribution in [1.82, 2.24) is 14.5 Å². The van der Waals surface area contributed by atoms with Gasteiger partial charge < -0.3 is 14.8 Å². The van der Waals surface area contributed by atoms with Crippen molar-refractivity contribution in [2.45, 2.75) is 33.6 Å². The first-order valence-corrected chi connectivity index (χ1v) is 8.08. The Morgan fingerprint density at radius 2 is 2.00 bits per heavy atom. The number of rotatable bonds is 7. The normalized spacial score (nSPS) is 10.4. The van der Waals surface area contributed by atoms with Gasteiger partial charge in [-0.3, -0.25) is 9.36 Å². The Balaban J connectivity index is 2.58. The Hall–Kier alpha value is -2.90. The van der Waals surface area contributed by atoms with Crippen LogP contribution >= 0.6 is 0 Å². The summed E-state index contributed by atoms with van der Waals surface area (Å²) in [5.74, 6) is 0.746. The molecule has 0 bridgehead atoms. The average Bonchev–Trinajstić information content (AvgIpc) is 2.99. The minimum atomic E-state index is -0.498. The van der Waals surface area contributed by atoms with E-state index in [0.717, 1.165) is 6.42 Å². The zero-order valence-electron chi connectivity index (χ0n) is 14.8. The highest BCUT2D eigenvalue weighted by Gasteiger charge is 2.19. The summed E-state index contributed by atoms with van der Waals surface area (Å²) in [4.78, 5) is 32.3. The van der Waals surface area contributed by atoms with Crippen LogP contribution in [0.25, 0.3) is 5.82 Å². The van der Waals surface area contributed by atoms with Crippen LogP contribution in [0.5, 0.6) is 5.88 Å². The number of methoxy groups -OCH3 is 1. The van der Waals surface area contributed by atoms with Gasteiger partial charge in [0, 0.05) is 25.6 Å². The number of aromatic nitrogens is 3. The van der Waals surface area contributed by atoms with Crippen molar-refractivity contribution in [3.8, 4) is 11.7 Å². The van der Waals surface area contributed by atoms with E-state index in [1.807, 2.05) is 6.92 Å². The molecule has 1 amide bonds. The summed E-state index contributed by atoms with van der Waals surface area (Å²) in [5.41, 5.74) is 0.696. The van der Waals surface area contributed by atoms with Gasteiger partial charge in [-0.05, 0) is 19.4 Å². The Morgan fingerprint density at radius 3 is 2.60 bits per heavy atom. The molecule has 0 saturated heterocycles. The molecule has 2 rings (SSSR count). The van der Waals surface area contributed by atoms with E-state index < -0.39 is 5.97 Å². The monoisotopic (exact) mass is 346 g/mol. The van der Waals surface area contributed by atoms with Crippen molar-refractivity contribution in [1.29, 1.82) is 0 Å². The molecule has 0 unspecified atom stereocenters. The topological polar surface area (TPSA) is 95.3 Å². The molecule has 0 aliphatic heterocycles. The van der Waals surface area contributed by atoms with E-state index in [0.29, 0.717) is 29.6 Å². The smallest absolute Gasteiger partial charge is 0.358 e. The molecule has 0 spiro atoms. The highest BCUT2D eigenvalue weighted by Crippen LogP contribution is 2.24. The highest BCUT2D eigenvalue weighted by molar-refractivity contribution is 5.91. The van der Waals surface area contributed by atoms with Crippen molar-refractivity contribution in [2.24, 2.45) is 0 Å². The van der Waals surface area contributed by atoms with Crippen LogP contribution < -0.4 is 10.1 Å². The number of aryl methyl sites for hydroxylation is 1. The van der Waals surface area contributed by atoms with Gasteiger partial charge in [-0.1, -0.05) is 6.92 Å². The SMILES string of the molecule is CCCc1nc(C(=O)OCC)cn1-c1nc(OC)ccc1NC(C)=O. The minimum Gasteiger partial charge on any atom is -0.481 e. The van der Waals surface area contributed by atoms with Crippen molar-refractivity contribution < 1.29 is 19.1 Å². The maximum Gasteiger partial charge on any atom is 0.358 e. The first kappa shape index (κ1) is 18.4. The van der Waals surface area contributed by atoms with Crippen LogP contribution in [0, 0.1) is 0 Å². The molecule has 2 aromatic rings. The Kier molecular flexibility index (Phi) is 6.10. The molecule has 1 N–H and O–H groups in total. The van der Waals surface area contributed by atoms with Crippen LogP contribution in [-0.2, 0) is 16.0 Å². The number of hydrogen-bond acceptors (Lipinski definition) is 6. The highest BCUT2D eigenvalue weighted by atomic mass is 16.5. The third-order valence-electron chi connectivity index (χ3n) is 3.33.